The van der Waals surface area contributed by atoms with E-state index in [1.807, 2.05) is 31.2 Å². The molecule has 9 heteroatoms. The Balaban J connectivity index is 1.58. The van der Waals surface area contributed by atoms with Gasteiger partial charge in [0.2, 0.25) is 10.0 Å². The molecule has 174 valence electrons. The molecule has 1 fully saturated rings. The predicted octanol–water partition coefficient (Wildman–Crippen LogP) is 4.43. The number of fused-ring (bicyclic) bond motifs is 1. The molecule has 0 radical (unpaired) electrons. The first-order valence-corrected chi connectivity index (χ1v) is 12.9. The summed E-state index contributed by atoms with van der Waals surface area (Å²) in [6.07, 6.45) is 3.67. The van der Waals surface area contributed by atoms with Crippen molar-refractivity contribution in [3.8, 4) is 0 Å². The Bertz CT molecular complexity index is 1290. The number of aromatic nitrogens is 2. The second-order valence-corrected chi connectivity index (χ2v) is 10.7. The van der Waals surface area contributed by atoms with Gasteiger partial charge in [-0.15, -0.1) is 0 Å². The lowest BCUT2D eigenvalue weighted by Crippen LogP contribution is -2.32. The number of halogens is 1. The molecule has 0 bridgehead atoms. The van der Waals surface area contributed by atoms with E-state index in [1.165, 1.54) is 21.3 Å². The molecule has 0 atom stereocenters. The van der Waals surface area contributed by atoms with Gasteiger partial charge in [0.05, 0.1) is 17.1 Å². The predicted molar refractivity (Wildman–Crippen MR) is 129 cm³/mol. The Kier molecular flexibility index (Phi) is 6.97. The molecule has 0 unspecified atom stereocenters. The Morgan fingerprint density at radius 1 is 1.06 bits per heavy atom. The molecule has 3 aromatic rings. The summed E-state index contributed by atoms with van der Waals surface area (Å²) >= 11 is 6.28. The number of nitrogens with zero attached hydrogens (tertiary/aromatic N) is 4. The summed E-state index contributed by atoms with van der Waals surface area (Å²) in [6.45, 7) is 3.04. The number of sulfonamides is 1. The fraction of sp³-hybridized carbons (Fsp3) is 0.375. The molecule has 0 saturated carbocycles. The van der Waals surface area contributed by atoms with Crippen LogP contribution in [-0.4, -0.2) is 53.6 Å². The van der Waals surface area contributed by atoms with Gasteiger partial charge in [0.15, 0.2) is 0 Å². The monoisotopic (exact) mass is 486 g/mol. The van der Waals surface area contributed by atoms with E-state index in [9.17, 15) is 13.2 Å². The number of benzene rings is 2. The van der Waals surface area contributed by atoms with E-state index in [4.69, 9.17) is 11.6 Å². The van der Waals surface area contributed by atoms with Gasteiger partial charge in [-0.1, -0.05) is 42.6 Å². The molecule has 0 aliphatic carbocycles. The van der Waals surface area contributed by atoms with Crippen LogP contribution in [0.4, 0.5) is 0 Å². The number of hydrogen-bond donors (Lipinski definition) is 0. The summed E-state index contributed by atoms with van der Waals surface area (Å²) in [5.41, 5.74) is 1.92. The number of rotatable bonds is 5. The number of aryl methyl sites for hydroxylation is 1. The number of carbonyl (C=O) groups excluding carboxylic acids is 1. The van der Waals surface area contributed by atoms with Crippen molar-refractivity contribution in [1.82, 2.24) is 19.2 Å². The largest absolute Gasteiger partial charge is 0.334 e. The molecule has 33 heavy (non-hydrogen) atoms. The quantitative estimate of drug-likeness (QED) is 0.532. The lowest BCUT2D eigenvalue weighted by molar-refractivity contribution is 0.0781. The van der Waals surface area contributed by atoms with Crippen molar-refractivity contribution >= 4 is 38.4 Å². The van der Waals surface area contributed by atoms with Crippen molar-refractivity contribution in [2.75, 3.05) is 20.1 Å². The number of carbonyl (C=O) groups is 1. The summed E-state index contributed by atoms with van der Waals surface area (Å²) in [7, 11) is -2.13. The fourth-order valence-corrected chi connectivity index (χ4v) is 6.14. The summed E-state index contributed by atoms with van der Waals surface area (Å²) in [4.78, 5) is 23.7. The van der Waals surface area contributed by atoms with Crippen LogP contribution in [0.3, 0.4) is 0 Å². The minimum atomic E-state index is -3.78. The van der Waals surface area contributed by atoms with Gasteiger partial charge in [0.25, 0.3) is 5.91 Å². The topological polar surface area (TPSA) is 83.5 Å². The van der Waals surface area contributed by atoms with Crippen LogP contribution < -0.4 is 0 Å². The molecule has 0 N–H and O–H groups in total. The van der Waals surface area contributed by atoms with Crippen LogP contribution >= 0.6 is 11.6 Å². The van der Waals surface area contributed by atoms with Crippen molar-refractivity contribution in [3.05, 3.63) is 64.6 Å². The van der Waals surface area contributed by atoms with Crippen LogP contribution in [0, 0.1) is 6.92 Å². The molecular formula is C24H27ClN4O3S. The minimum Gasteiger partial charge on any atom is -0.334 e. The second-order valence-electron chi connectivity index (χ2n) is 8.37. The average Bonchev–Trinajstić information content (AvgIpc) is 3.09. The van der Waals surface area contributed by atoms with Crippen molar-refractivity contribution in [3.63, 3.8) is 0 Å². The van der Waals surface area contributed by atoms with E-state index < -0.39 is 10.0 Å². The number of amides is 1. The van der Waals surface area contributed by atoms with Gasteiger partial charge in [-0.25, -0.2) is 18.4 Å². The van der Waals surface area contributed by atoms with Crippen LogP contribution in [0.5, 0.6) is 0 Å². The third-order valence-corrected chi connectivity index (χ3v) is 8.31. The van der Waals surface area contributed by atoms with Crippen molar-refractivity contribution in [1.29, 1.82) is 0 Å². The van der Waals surface area contributed by atoms with E-state index in [0.717, 1.165) is 42.3 Å². The third-order valence-electron chi connectivity index (χ3n) is 5.93. The van der Waals surface area contributed by atoms with Crippen LogP contribution in [-0.2, 0) is 16.6 Å². The fourth-order valence-electron chi connectivity index (χ4n) is 4.13. The van der Waals surface area contributed by atoms with Crippen LogP contribution in [0.15, 0.2) is 47.4 Å². The summed E-state index contributed by atoms with van der Waals surface area (Å²) in [5, 5.41) is 1.09. The molecule has 4 rings (SSSR count). The zero-order valence-corrected chi connectivity index (χ0v) is 20.4. The highest BCUT2D eigenvalue weighted by atomic mass is 35.5. The first-order valence-electron chi connectivity index (χ1n) is 11.0. The molecule has 1 aromatic heterocycles. The summed E-state index contributed by atoms with van der Waals surface area (Å²) in [6, 6.07) is 12.1. The lowest BCUT2D eigenvalue weighted by atomic mass is 10.2. The van der Waals surface area contributed by atoms with Crippen molar-refractivity contribution in [2.45, 2.75) is 44.0 Å². The Hall–Kier alpha value is -2.55. The van der Waals surface area contributed by atoms with Gasteiger partial charge < -0.3 is 4.90 Å². The molecular weight excluding hydrogens is 460 g/mol. The SMILES string of the molecule is Cc1nc(CN(C)C(=O)c2ccc(Cl)c(S(=O)(=O)N3CCCCCC3)c2)nc2ccccc12. The summed E-state index contributed by atoms with van der Waals surface area (Å²) < 4.78 is 28.0. The molecule has 2 heterocycles. The van der Waals surface area contributed by atoms with E-state index in [2.05, 4.69) is 9.97 Å². The van der Waals surface area contributed by atoms with Crippen molar-refractivity contribution in [2.24, 2.45) is 0 Å². The zero-order chi connectivity index (χ0) is 23.6. The highest BCUT2D eigenvalue weighted by Gasteiger charge is 2.28. The molecule has 1 aliphatic heterocycles. The first-order chi connectivity index (χ1) is 15.8. The van der Waals surface area contributed by atoms with E-state index in [-0.39, 0.29) is 27.9 Å². The maximum atomic E-state index is 13.3. The third kappa shape index (κ3) is 5.03. The minimum absolute atomic E-state index is 0.0249. The highest BCUT2D eigenvalue weighted by Crippen LogP contribution is 2.28. The zero-order valence-electron chi connectivity index (χ0n) is 18.8. The standard InChI is InChI=1S/C24H27ClN4O3S/c1-17-19-9-5-6-10-21(19)27-23(26-17)16-28(2)24(30)18-11-12-20(25)22(15-18)33(31,32)29-13-7-3-4-8-14-29/h5-6,9-12,15H,3-4,7-8,13-14,16H2,1-2H3. The second kappa shape index (κ2) is 9.75. The van der Waals surface area contributed by atoms with Gasteiger partial charge >= 0.3 is 0 Å². The van der Waals surface area contributed by atoms with E-state index in [0.29, 0.717) is 18.9 Å². The molecule has 1 amide bonds. The molecule has 1 saturated heterocycles. The number of hydrogen-bond acceptors (Lipinski definition) is 5. The van der Waals surface area contributed by atoms with Crippen LogP contribution in [0.25, 0.3) is 10.9 Å². The van der Waals surface area contributed by atoms with Crippen LogP contribution in [0.1, 0.15) is 47.6 Å². The van der Waals surface area contributed by atoms with E-state index >= 15 is 0 Å². The Labute approximate surface area is 199 Å². The molecule has 7 nitrogen and oxygen atoms in total. The first kappa shape index (κ1) is 23.6. The summed E-state index contributed by atoms with van der Waals surface area (Å²) in [5.74, 6) is 0.196. The van der Waals surface area contributed by atoms with Crippen LogP contribution in [0.2, 0.25) is 5.02 Å². The molecule has 1 aliphatic rings. The lowest BCUT2D eigenvalue weighted by Gasteiger charge is -2.22. The maximum Gasteiger partial charge on any atom is 0.254 e. The van der Waals surface area contributed by atoms with Crippen molar-refractivity contribution < 1.29 is 13.2 Å². The average molecular weight is 487 g/mol. The van der Waals surface area contributed by atoms with Gasteiger partial charge in [-0.3, -0.25) is 4.79 Å². The normalized spacial score (nSPS) is 15.4. The molecule has 0 spiro atoms. The highest BCUT2D eigenvalue weighted by molar-refractivity contribution is 7.89. The van der Waals surface area contributed by atoms with Gasteiger partial charge in [-0.2, -0.15) is 4.31 Å². The molecule has 2 aromatic carbocycles. The Morgan fingerprint density at radius 3 is 2.48 bits per heavy atom. The number of para-hydroxylation sites is 1. The Morgan fingerprint density at radius 2 is 1.76 bits per heavy atom. The van der Waals surface area contributed by atoms with Gasteiger partial charge in [-0.05, 0) is 44.0 Å². The smallest absolute Gasteiger partial charge is 0.254 e. The van der Waals surface area contributed by atoms with Gasteiger partial charge in [0.1, 0.15) is 10.7 Å². The van der Waals surface area contributed by atoms with E-state index in [1.54, 1.807) is 13.1 Å². The van der Waals surface area contributed by atoms with Gasteiger partial charge in [0, 0.05) is 36.8 Å². The maximum absolute atomic E-state index is 13.3.